The summed E-state index contributed by atoms with van der Waals surface area (Å²) in [4.78, 5) is 30.7. The molecule has 0 atom stereocenters. The molecule has 0 aromatic carbocycles. The number of allylic oxidation sites excluding steroid dienone is 1. The van der Waals surface area contributed by atoms with Crippen molar-refractivity contribution in [2.45, 2.75) is 7.43 Å². The lowest BCUT2D eigenvalue weighted by molar-refractivity contribution is -0.141. The van der Waals surface area contributed by atoms with E-state index in [1.165, 1.54) is 0 Å². The summed E-state index contributed by atoms with van der Waals surface area (Å²) in [7, 11) is 0. The Morgan fingerprint density at radius 2 is 1.00 bits per heavy atom. The molecule has 0 saturated carbocycles. The molecule has 0 aromatic heterocycles. The first-order valence-electron chi connectivity index (χ1n) is 7.66. The fraction of sp³-hybridized carbons (Fsp3) is 0.500. The minimum Gasteiger partial charge on any atom is -0.460 e. The van der Waals surface area contributed by atoms with Crippen LogP contribution in [-0.2, 0) is 33.3 Å². The molecule has 0 aliphatic carbocycles. The molecule has 10 heteroatoms. The van der Waals surface area contributed by atoms with Crippen LogP contribution in [0.2, 0.25) is 0 Å². The maximum atomic E-state index is 10.6. The van der Waals surface area contributed by atoms with Crippen molar-refractivity contribution in [3.05, 3.63) is 38.0 Å². The Kier molecular flexibility index (Phi) is 35.6. The van der Waals surface area contributed by atoms with Gasteiger partial charge in [0.1, 0.15) is 13.2 Å². The van der Waals surface area contributed by atoms with Gasteiger partial charge in [-0.2, -0.15) is 0 Å². The molecule has 28 heavy (non-hydrogen) atoms. The van der Waals surface area contributed by atoms with E-state index in [0.717, 1.165) is 18.2 Å². The van der Waals surface area contributed by atoms with E-state index in [4.69, 9.17) is 31.3 Å². The third-order valence-electron chi connectivity index (χ3n) is 1.91. The number of carbonyl (C=O) groups excluding carboxylic acids is 3. The number of ether oxygens (including phenoxy) is 4. The number of hydrogen-bond donors (Lipinski definition) is 2. The second kappa shape index (κ2) is 29.7. The van der Waals surface area contributed by atoms with E-state index in [-0.39, 0.29) is 33.9 Å². The molecule has 2 N–H and O–H groups in total. The summed E-state index contributed by atoms with van der Waals surface area (Å²) < 4.78 is 19.6. The van der Waals surface area contributed by atoms with Gasteiger partial charge in [0.05, 0.1) is 39.6 Å². The predicted octanol–water partition coefficient (Wildman–Crippen LogP) is 1.02. The molecular formula is C18H31ClO9. The summed E-state index contributed by atoms with van der Waals surface area (Å²) in [6.45, 7) is 11.1. The number of carbonyl (C=O) groups is 3. The van der Waals surface area contributed by atoms with Crippen molar-refractivity contribution < 1.29 is 43.5 Å². The van der Waals surface area contributed by atoms with Crippen molar-refractivity contribution in [1.82, 2.24) is 0 Å². The number of aliphatic hydroxyl groups is 2. The van der Waals surface area contributed by atoms with E-state index in [1.807, 2.05) is 0 Å². The largest absolute Gasteiger partial charge is 0.460 e. The quantitative estimate of drug-likeness (QED) is 0.192. The van der Waals surface area contributed by atoms with Gasteiger partial charge < -0.3 is 29.2 Å². The molecule has 0 bridgehead atoms. The highest BCUT2D eigenvalue weighted by molar-refractivity contribution is 6.66. The van der Waals surface area contributed by atoms with Crippen LogP contribution < -0.4 is 0 Å². The molecule has 9 nitrogen and oxygen atoms in total. The van der Waals surface area contributed by atoms with Gasteiger partial charge in [-0.15, -0.1) is 0 Å². The zero-order valence-electron chi connectivity index (χ0n) is 15.1. The van der Waals surface area contributed by atoms with Crippen LogP contribution in [0.5, 0.6) is 0 Å². The van der Waals surface area contributed by atoms with Crippen LogP contribution in [-0.4, -0.2) is 80.2 Å². The Bertz CT molecular complexity index is 395. The molecular weight excluding hydrogens is 396 g/mol. The molecule has 0 unspecified atom stereocenters. The maximum Gasteiger partial charge on any atom is 0.330 e. The van der Waals surface area contributed by atoms with E-state index >= 15 is 0 Å². The molecule has 0 aromatic rings. The van der Waals surface area contributed by atoms with Gasteiger partial charge >= 0.3 is 11.9 Å². The van der Waals surface area contributed by atoms with Gasteiger partial charge in [-0.3, -0.25) is 4.79 Å². The Hall–Kier alpha value is -2.04. The molecule has 0 radical (unpaired) electrons. The second-order valence-electron chi connectivity index (χ2n) is 3.92. The standard InChI is InChI=1S/C12H18O6.C3H3ClO.C2H6O2.CH4/c1-3-11(13)17-9-7-15-5-6-16-8-10-18-12(14)4-2;1-2-3(4)5;3-1-2-4;/h3-4H,1-2,5-10H2;2H,1H2;3-4H,1-2H2;1H4. The zero-order valence-corrected chi connectivity index (χ0v) is 15.9. The third kappa shape index (κ3) is 39.2. The summed E-state index contributed by atoms with van der Waals surface area (Å²) in [5, 5.41) is 14.7. The third-order valence-corrected chi connectivity index (χ3v) is 2.06. The highest BCUT2D eigenvalue weighted by atomic mass is 35.5. The number of aliphatic hydroxyl groups excluding tert-OH is 2. The highest BCUT2D eigenvalue weighted by Crippen LogP contribution is 1.84. The van der Waals surface area contributed by atoms with Crippen LogP contribution >= 0.6 is 11.6 Å². The molecule has 164 valence electrons. The van der Waals surface area contributed by atoms with Crippen LogP contribution in [0.3, 0.4) is 0 Å². The molecule has 0 saturated heterocycles. The first-order chi connectivity index (χ1) is 12.9. The van der Waals surface area contributed by atoms with Gasteiger partial charge in [-0.05, 0) is 17.7 Å². The molecule has 0 fully saturated rings. The molecule has 0 aliphatic rings. The Morgan fingerprint density at radius 1 is 0.714 bits per heavy atom. The van der Waals surface area contributed by atoms with Crippen LogP contribution in [0.1, 0.15) is 7.43 Å². The predicted molar refractivity (Wildman–Crippen MR) is 106 cm³/mol. The normalized spacial score (nSPS) is 8.39. The van der Waals surface area contributed by atoms with E-state index in [2.05, 4.69) is 29.2 Å². The van der Waals surface area contributed by atoms with Gasteiger partial charge in [0.15, 0.2) is 0 Å². The van der Waals surface area contributed by atoms with Crippen LogP contribution in [0.4, 0.5) is 0 Å². The number of rotatable bonds is 13. The van der Waals surface area contributed by atoms with E-state index in [1.54, 1.807) is 0 Å². The minimum absolute atomic E-state index is 0. The van der Waals surface area contributed by atoms with Crippen molar-refractivity contribution in [1.29, 1.82) is 0 Å². The average molecular weight is 427 g/mol. The first-order valence-corrected chi connectivity index (χ1v) is 8.04. The van der Waals surface area contributed by atoms with Crippen molar-refractivity contribution in [3.8, 4) is 0 Å². The summed E-state index contributed by atoms with van der Waals surface area (Å²) in [5.74, 6) is -0.947. The summed E-state index contributed by atoms with van der Waals surface area (Å²) in [6, 6.07) is 0. The molecule has 0 aliphatic heterocycles. The van der Waals surface area contributed by atoms with Crippen LogP contribution in [0.15, 0.2) is 38.0 Å². The topological polar surface area (TPSA) is 129 Å². The van der Waals surface area contributed by atoms with Crippen LogP contribution in [0, 0.1) is 0 Å². The summed E-state index contributed by atoms with van der Waals surface area (Å²) in [6.07, 6.45) is 3.23. The first kappa shape index (κ1) is 33.5. The van der Waals surface area contributed by atoms with Gasteiger partial charge in [0, 0.05) is 12.2 Å². The molecule has 0 amide bonds. The lowest BCUT2D eigenvalue weighted by atomic mass is 10.6. The van der Waals surface area contributed by atoms with Crippen LogP contribution in [0.25, 0.3) is 0 Å². The fourth-order valence-electron chi connectivity index (χ4n) is 0.842. The number of hydrogen-bond acceptors (Lipinski definition) is 9. The summed E-state index contributed by atoms with van der Waals surface area (Å²) >= 11 is 4.71. The molecule has 0 rings (SSSR count). The van der Waals surface area contributed by atoms with Gasteiger partial charge in [0.2, 0.25) is 5.24 Å². The average Bonchev–Trinajstić information content (AvgIpc) is 2.69. The second-order valence-corrected chi connectivity index (χ2v) is 4.30. The minimum atomic E-state index is -0.509. The zero-order chi connectivity index (χ0) is 21.3. The number of esters is 2. The number of halogens is 1. The summed E-state index contributed by atoms with van der Waals surface area (Å²) in [5.41, 5.74) is 0. The van der Waals surface area contributed by atoms with Gasteiger partial charge in [-0.1, -0.05) is 27.2 Å². The lowest BCUT2D eigenvalue weighted by Gasteiger charge is -2.06. The molecule has 0 spiro atoms. The highest BCUT2D eigenvalue weighted by Gasteiger charge is 1.96. The monoisotopic (exact) mass is 426 g/mol. The van der Waals surface area contributed by atoms with Gasteiger partial charge in [-0.25, -0.2) is 9.59 Å². The van der Waals surface area contributed by atoms with Crippen molar-refractivity contribution in [2.75, 3.05) is 52.9 Å². The van der Waals surface area contributed by atoms with E-state index in [0.29, 0.717) is 26.4 Å². The SMILES string of the molecule is C.C=CC(=O)Cl.C=CC(=O)OCCOCCOCCOC(=O)C=C.OCCO. The van der Waals surface area contributed by atoms with Crippen molar-refractivity contribution in [3.63, 3.8) is 0 Å². The van der Waals surface area contributed by atoms with Crippen molar-refractivity contribution in [2.24, 2.45) is 0 Å². The van der Waals surface area contributed by atoms with E-state index in [9.17, 15) is 14.4 Å². The van der Waals surface area contributed by atoms with Gasteiger partial charge in [0.25, 0.3) is 0 Å². The van der Waals surface area contributed by atoms with Crippen molar-refractivity contribution >= 4 is 28.8 Å². The van der Waals surface area contributed by atoms with E-state index < -0.39 is 17.2 Å². The Labute approximate surface area is 171 Å². The Morgan fingerprint density at radius 3 is 1.21 bits per heavy atom. The maximum absolute atomic E-state index is 10.6. The lowest BCUT2D eigenvalue weighted by Crippen LogP contribution is -2.13. The molecule has 0 heterocycles. The Balaban J connectivity index is -0.000000240. The smallest absolute Gasteiger partial charge is 0.330 e. The fourth-order valence-corrected chi connectivity index (χ4v) is 0.842.